The average molecular weight is 177 g/mol. The Hall–Kier alpha value is -1.76. The summed E-state index contributed by atoms with van der Waals surface area (Å²) in [6.45, 7) is 3.16. The maximum atomic E-state index is 11.4. The molecule has 0 spiro atoms. The van der Waals surface area contributed by atoms with Crippen LogP contribution in [0.5, 0.6) is 0 Å². The van der Waals surface area contributed by atoms with Gasteiger partial charge < -0.3 is 10.3 Å². The van der Waals surface area contributed by atoms with Gasteiger partial charge in [-0.1, -0.05) is 0 Å². The molecule has 1 aromatic rings. The van der Waals surface area contributed by atoms with Gasteiger partial charge in [0.2, 0.25) is 5.91 Å². The molecule has 0 fully saturated rings. The van der Waals surface area contributed by atoms with Crippen LogP contribution in [0.1, 0.15) is 13.8 Å². The molecule has 1 rings (SSSR count). The lowest BCUT2D eigenvalue weighted by Gasteiger charge is -2.13. The second-order valence-electron chi connectivity index (χ2n) is 3.29. The predicted octanol–water partition coefficient (Wildman–Crippen LogP) is 1.50. The molecular weight excluding hydrogens is 166 g/mol. The summed E-state index contributed by atoms with van der Waals surface area (Å²) in [6, 6.07) is 3.66. The molecular formula is C9H11N3O. The van der Waals surface area contributed by atoms with Crippen molar-refractivity contribution in [3.8, 4) is 6.07 Å². The smallest absolute Gasteiger partial charge is 0.244 e. The van der Waals surface area contributed by atoms with Gasteiger partial charge in [-0.2, -0.15) is 5.26 Å². The number of H-pyrrole nitrogens is 1. The fourth-order valence-corrected chi connectivity index (χ4v) is 0.740. The first kappa shape index (κ1) is 9.33. The second kappa shape index (κ2) is 3.31. The summed E-state index contributed by atoms with van der Waals surface area (Å²) in [4.78, 5) is 14.2. The van der Waals surface area contributed by atoms with Crippen LogP contribution in [0.3, 0.4) is 0 Å². The van der Waals surface area contributed by atoms with E-state index in [-0.39, 0.29) is 5.91 Å². The van der Waals surface area contributed by atoms with Gasteiger partial charge in [-0.3, -0.25) is 4.79 Å². The third kappa shape index (κ3) is 2.09. The minimum absolute atomic E-state index is 0.297. The fraction of sp³-hybridized carbons (Fsp3) is 0.333. The van der Waals surface area contributed by atoms with E-state index in [9.17, 15) is 4.79 Å². The molecule has 13 heavy (non-hydrogen) atoms. The van der Waals surface area contributed by atoms with Crippen molar-refractivity contribution in [2.45, 2.75) is 13.8 Å². The van der Waals surface area contributed by atoms with Crippen LogP contribution in [0.4, 0.5) is 5.69 Å². The highest BCUT2D eigenvalue weighted by Crippen LogP contribution is 2.16. The summed E-state index contributed by atoms with van der Waals surface area (Å²) in [6.07, 6.45) is 3.36. The molecule has 0 radical (unpaired) electrons. The Labute approximate surface area is 76.6 Å². The summed E-state index contributed by atoms with van der Waals surface area (Å²) >= 11 is 0. The fourth-order valence-electron chi connectivity index (χ4n) is 0.740. The number of nitrogens with one attached hydrogen (secondary N) is 2. The van der Waals surface area contributed by atoms with Gasteiger partial charge in [-0.15, -0.1) is 0 Å². The number of carbonyl (C=O) groups is 1. The standard InChI is InChI=1S/C9H11N3O/c1-9(2,6-10)8(13)12-7-3-4-11-5-7/h3-5,11H,1-2H3,(H,12,13). The minimum atomic E-state index is -0.989. The van der Waals surface area contributed by atoms with Crippen molar-refractivity contribution in [3.63, 3.8) is 0 Å². The molecule has 2 N–H and O–H groups in total. The molecule has 0 atom stereocenters. The molecule has 1 aromatic heterocycles. The van der Waals surface area contributed by atoms with Crippen molar-refractivity contribution in [3.05, 3.63) is 18.5 Å². The van der Waals surface area contributed by atoms with Gasteiger partial charge >= 0.3 is 0 Å². The van der Waals surface area contributed by atoms with Crippen LogP contribution < -0.4 is 5.32 Å². The number of hydrogen-bond acceptors (Lipinski definition) is 2. The predicted molar refractivity (Wildman–Crippen MR) is 48.8 cm³/mol. The van der Waals surface area contributed by atoms with Gasteiger partial charge in [-0.25, -0.2) is 0 Å². The molecule has 0 saturated heterocycles. The number of nitriles is 1. The van der Waals surface area contributed by atoms with E-state index in [0.29, 0.717) is 5.69 Å². The number of rotatable bonds is 2. The highest BCUT2D eigenvalue weighted by atomic mass is 16.2. The number of amides is 1. The molecule has 0 aliphatic carbocycles. The van der Waals surface area contributed by atoms with Crippen LogP contribution in [0.25, 0.3) is 0 Å². The molecule has 0 aliphatic heterocycles. The Morgan fingerprint density at radius 1 is 1.69 bits per heavy atom. The van der Waals surface area contributed by atoms with E-state index in [1.165, 1.54) is 0 Å². The Kier molecular flexibility index (Phi) is 2.38. The molecule has 0 bridgehead atoms. The summed E-state index contributed by atoms with van der Waals surface area (Å²) in [5.74, 6) is -0.297. The number of aromatic nitrogens is 1. The molecule has 1 heterocycles. The average Bonchev–Trinajstić information content (AvgIpc) is 2.57. The first-order valence-corrected chi connectivity index (χ1v) is 3.92. The lowest BCUT2D eigenvalue weighted by atomic mass is 9.95. The third-order valence-corrected chi connectivity index (χ3v) is 1.70. The van der Waals surface area contributed by atoms with Gasteiger partial charge in [0.15, 0.2) is 0 Å². The summed E-state index contributed by atoms with van der Waals surface area (Å²) in [7, 11) is 0. The Morgan fingerprint density at radius 2 is 2.38 bits per heavy atom. The normalized spacial score (nSPS) is 10.5. The van der Waals surface area contributed by atoms with Gasteiger partial charge in [0.05, 0.1) is 11.8 Å². The second-order valence-corrected chi connectivity index (χ2v) is 3.29. The molecule has 0 unspecified atom stereocenters. The van der Waals surface area contributed by atoms with Gasteiger partial charge in [-0.05, 0) is 19.9 Å². The third-order valence-electron chi connectivity index (χ3n) is 1.70. The number of hydrogen-bond donors (Lipinski definition) is 2. The lowest BCUT2D eigenvalue weighted by Crippen LogP contribution is -2.28. The quantitative estimate of drug-likeness (QED) is 0.718. The van der Waals surface area contributed by atoms with Crippen LogP contribution in [0.2, 0.25) is 0 Å². The number of carbonyl (C=O) groups excluding carboxylic acids is 1. The number of nitrogens with zero attached hydrogens (tertiary/aromatic N) is 1. The van der Waals surface area contributed by atoms with E-state index in [1.54, 1.807) is 32.3 Å². The van der Waals surface area contributed by atoms with Crippen molar-refractivity contribution >= 4 is 11.6 Å². The summed E-state index contributed by atoms with van der Waals surface area (Å²) < 4.78 is 0. The van der Waals surface area contributed by atoms with Crippen LogP contribution in [0, 0.1) is 16.7 Å². The molecule has 68 valence electrons. The van der Waals surface area contributed by atoms with Crippen LogP contribution >= 0.6 is 0 Å². The first-order chi connectivity index (χ1) is 6.06. The maximum Gasteiger partial charge on any atom is 0.244 e. The van der Waals surface area contributed by atoms with E-state index in [0.717, 1.165) is 0 Å². The van der Waals surface area contributed by atoms with E-state index in [1.807, 2.05) is 6.07 Å². The van der Waals surface area contributed by atoms with Crippen LogP contribution in [-0.2, 0) is 4.79 Å². The Balaban J connectivity index is 2.68. The van der Waals surface area contributed by atoms with Crippen molar-refractivity contribution < 1.29 is 4.79 Å². The van der Waals surface area contributed by atoms with Gasteiger partial charge in [0.25, 0.3) is 0 Å². The first-order valence-electron chi connectivity index (χ1n) is 3.92. The van der Waals surface area contributed by atoms with Crippen molar-refractivity contribution in [1.82, 2.24) is 4.98 Å². The van der Waals surface area contributed by atoms with Crippen LogP contribution in [-0.4, -0.2) is 10.9 Å². The Bertz CT molecular complexity index is 332. The SMILES string of the molecule is CC(C)(C#N)C(=O)Nc1cc[nH]c1. The lowest BCUT2D eigenvalue weighted by molar-refractivity contribution is -0.121. The van der Waals surface area contributed by atoms with Gasteiger partial charge in [0.1, 0.15) is 5.41 Å². The number of aromatic amines is 1. The van der Waals surface area contributed by atoms with Gasteiger partial charge in [0, 0.05) is 12.4 Å². The van der Waals surface area contributed by atoms with E-state index < -0.39 is 5.41 Å². The van der Waals surface area contributed by atoms with Crippen LogP contribution in [0.15, 0.2) is 18.5 Å². The molecule has 1 amide bonds. The minimum Gasteiger partial charge on any atom is -0.366 e. The highest BCUT2D eigenvalue weighted by molar-refractivity contribution is 5.96. The molecule has 0 aliphatic rings. The molecule has 0 saturated carbocycles. The van der Waals surface area contributed by atoms with Crippen molar-refractivity contribution in [2.75, 3.05) is 5.32 Å². The van der Waals surface area contributed by atoms with E-state index >= 15 is 0 Å². The monoisotopic (exact) mass is 177 g/mol. The van der Waals surface area contributed by atoms with Crippen molar-refractivity contribution in [1.29, 1.82) is 5.26 Å². The highest BCUT2D eigenvalue weighted by Gasteiger charge is 2.27. The zero-order valence-corrected chi connectivity index (χ0v) is 7.59. The Morgan fingerprint density at radius 3 is 2.85 bits per heavy atom. The summed E-state index contributed by atoms with van der Waals surface area (Å²) in [5, 5.41) is 11.3. The zero-order chi connectivity index (χ0) is 9.90. The topological polar surface area (TPSA) is 68.7 Å². The summed E-state index contributed by atoms with van der Waals surface area (Å²) in [5.41, 5.74) is -0.314. The van der Waals surface area contributed by atoms with E-state index in [2.05, 4.69) is 10.3 Å². The number of anilines is 1. The molecule has 4 heteroatoms. The maximum absolute atomic E-state index is 11.4. The zero-order valence-electron chi connectivity index (χ0n) is 7.59. The molecule has 4 nitrogen and oxygen atoms in total. The van der Waals surface area contributed by atoms with Crippen molar-refractivity contribution in [2.24, 2.45) is 5.41 Å². The largest absolute Gasteiger partial charge is 0.366 e. The van der Waals surface area contributed by atoms with E-state index in [4.69, 9.17) is 5.26 Å². The molecule has 0 aromatic carbocycles.